The van der Waals surface area contributed by atoms with Gasteiger partial charge in [-0.2, -0.15) is 0 Å². The van der Waals surface area contributed by atoms with Gasteiger partial charge in [0.2, 0.25) is 0 Å². The van der Waals surface area contributed by atoms with Crippen molar-refractivity contribution >= 4 is 18.0 Å². The molecule has 0 fully saturated rings. The maximum atomic E-state index is 5.31. The van der Waals surface area contributed by atoms with Gasteiger partial charge in [-0.25, -0.2) is 0 Å². The monoisotopic (exact) mass is 281 g/mol. The lowest BCUT2D eigenvalue weighted by molar-refractivity contribution is 0.404. The number of benzene rings is 2. The number of hydrogen-bond donors (Lipinski definition) is 0. The molecular weight excluding hydrogens is 262 g/mol. The maximum Gasteiger partial charge on any atom is 0.144 e. The first-order valence-electron chi connectivity index (χ1n) is 6.72. The molecule has 0 spiro atoms. The average Bonchev–Trinajstić information content (AvgIpc) is 2.53. The summed E-state index contributed by atoms with van der Waals surface area (Å²) in [4.78, 5) is 4.48. The highest BCUT2D eigenvalue weighted by Gasteiger charge is 2.02. The molecule has 0 bridgehead atoms. The zero-order valence-electron chi connectivity index (χ0n) is 12.5. The first-order chi connectivity index (χ1) is 10.2. The van der Waals surface area contributed by atoms with Crippen molar-refractivity contribution in [3.8, 4) is 11.5 Å². The van der Waals surface area contributed by atoms with E-state index in [1.54, 1.807) is 14.2 Å². The molecule has 0 unspecified atom stereocenters. The number of aliphatic imine (C=N–C) groups is 1. The van der Waals surface area contributed by atoms with E-state index in [4.69, 9.17) is 9.47 Å². The molecule has 0 N–H and O–H groups in total. The van der Waals surface area contributed by atoms with Gasteiger partial charge in [0.05, 0.1) is 14.2 Å². The van der Waals surface area contributed by atoms with Gasteiger partial charge < -0.3 is 9.47 Å². The first kappa shape index (κ1) is 14.9. The van der Waals surface area contributed by atoms with Gasteiger partial charge >= 0.3 is 0 Å². The van der Waals surface area contributed by atoms with Crippen LogP contribution in [-0.4, -0.2) is 20.4 Å². The van der Waals surface area contributed by atoms with Crippen LogP contribution in [-0.2, 0) is 0 Å². The topological polar surface area (TPSA) is 30.8 Å². The van der Waals surface area contributed by atoms with Crippen LogP contribution in [0, 0.1) is 0 Å². The summed E-state index contributed by atoms with van der Waals surface area (Å²) in [5.41, 5.74) is 2.96. The Morgan fingerprint density at radius 1 is 1.00 bits per heavy atom. The Kier molecular flexibility index (Phi) is 5.16. The molecule has 0 amide bonds. The van der Waals surface area contributed by atoms with E-state index in [0.29, 0.717) is 0 Å². The van der Waals surface area contributed by atoms with Gasteiger partial charge in [-0.15, -0.1) is 0 Å². The van der Waals surface area contributed by atoms with Crippen LogP contribution in [0.5, 0.6) is 11.5 Å². The molecule has 3 heteroatoms. The van der Waals surface area contributed by atoms with Crippen LogP contribution < -0.4 is 9.47 Å². The molecular formula is C18H19NO2. The fourth-order valence-corrected chi connectivity index (χ4v) is 1.92. The molecule has 3 nitrogen and oxygen atoms in total. The number of ether oxygens (including phenoxy) is 2. The summed E-state index contributed by atoms with van der Waals surface area (Å²) in [5, 5.41) is 0. The van der Waals surface area contributed by atoms with Crippen molar-refractivity contribution in [2.45, 2.75) is 6.92 Å². The third-order valence-corrected chi connectivity index (χ3v) is 2.99. The van der Waals surface area contributed by atoms with E-state index >= 15 is 0 Å². The number of hydrogen-bond acceptors (Lipinski definition) is 3. The maximum absolute atomic E-state index is 5.31. The molecule has 2 rings (SSSR count). The van der Waals surface area contributed by atoms with E-state index in [1.165, 1.54) is 0 Å². The second-order valence-electron chi connectivity index (χ2n) is 4.60. The lowest BCUT2D eigenvalue weighted by atomic mass is 10.1. The number of nitrogens with zero attached hydrogens (tertiary/aromatic N) is 1. The molecule has 2 aromatic carbocycles. The third-order valence-electron chi connectivity index (χ3n) is 2.99. The molecule has 0 saturated carbocycles. The smallest absolute Gasteiger partial charge is 0.144 e. The Labute approximate surface area is 125 Å². The highest BCUT2D eigenvalue weighted by Crippen LogP contribution is 2.31. The average molecular weight is 281 g/mol. The normalized spacial score (nSPS) is 11.7. The summed E-state index contributed by atoms with van der Waals surface area (Å²) in [6.07, 6.45) is 3.90. The van der Waals surface area contributed by atoms with Crippen molar-refractivity contribution in [3.63, 3.8) is 0 Å². The second kappa shape index (κ2) is 7.29. The van der Waals surface area contributed by atoms with Gasteiger partial charge in [0.1, 0.15) is 17.2 Å². The largest absolute Gasteiger partial charge is 0.497 e. The van der Waals surface area contributed by atoms with Gasteiger partial charge in [-0.05, 0) is 30.2 Å². The minimum atomic E-state index is 0.722. The lowest BCUT2D eigenvalue weighted by Crippen LogP contribution is -1.87. The Hall–Kier alpha value is -2.55. The van der Waals surface area contributed by atoms with E-state index < -0.39 is 0 Å². The number of rotatable bonds is 5. The molecule has 0 aliphatic heterocycles. The highest BCUT2D eigenvalue weighted by atomic mass is 16.5. The summed E-state index contributed by atoms with van der Waals surface area (Å²) in [6.45, 7) is 2.02. The Bertz CT molecular complexity index is 646. The Balaban J connectivity index is 2.22. The Morgan fingerprint density at radius 3 is 2.43 bits per heavy atom. The van der Waals surface area contributed by atoms with Crippen LogP contribution in [0.4, 0.5) is 5.69 Å². The van der Waals surface area contributed by atoms with Crippen LogP contribution in [0.15, 0.2) is 59.1 Å². The summed E-state index contributed by atoms with van der Waals surface area (Å²) >= 11 is 0. The van der Waals surface area contributed by atoms with E-state index in [0.717, 1.165) is 28.3 Å². The predicted molar refractivity (Wildman–Crippen MR) is 87.8 cm³/mol. The minimum absolute atomic E-state index is 0.722. The standard InChI is InChI=1S/C18H19NO2/c1-14(11-15-7-5-4-6-8-15)13-19-17-12-16(20-2)9-10-18(17)21-3/h4-13H,1-3H3. The van der Waals surface area contributed by atoms with Gasteiger partial charge in [0, 0.05) is 12.3 Å². The summed E-state index contributed by atoms with van der Waals surface area (Å²) < 4.78 is 10.5. The molecule has 0 aromatic heterocycles. The zero-order valence-corrected chi connectivity index (χ0v) is 12.5. The van der Waals surface area contributed by atoms with Crippen LogP contribution in [0.2, 0.25) is 0 Å². The molecule has 0 saturated heterocycles. The molecule has 0 heterocycles. The summed E-state index contributed by atoms with van der Waals surface area (Å²) in [6, 6.07) is 15.7. The fourth-order valence-electron chi connectivity index (χ4n) is 1.92. The van der Waals surface area contributed by atoms with E-state index in [1.807, 2.05) is 49.5 Å². The Morgan fingerprint density at radius 2 is 1.76 bits per heavy atom. The van der Waals surface area contributed by atoms with Crippen molar-refractivity contribution in [1.82, 2.24) is 0 Å². The molecule has 2 aromatic rings. The van der Waals surface area contributed by atoms with Crippen LogP contribution in [0.25, 0.3) is 6.08 Å². The van der Waals surface area contributed by atoms with Gasteiger partial charge in [0.25, 0.3) is 0 Å². The molecule has 0 aliphatic carbocycles. The predicted octanol–water partition coefficient (Wildman–Crippen LogP) is 4.51. The first-order valence-corrected chi connectivity index (χ1v) is 6.72. The summed E-state index contributed by atoms with van der Waals surface area (Å²) in [7, 11) is 3.27. The van der Waals surface area contributed by atoms with E-state index in [2.05, 4.69) is 23.2 Å². The number of methoxy groups -OCH3 is 2. The lowest BCUT2D eigenvalue weighted by Gasteiger charge is -2.06. The molecule has 0 atom stereocenters. The van der Waals surface area contributed by atoms with Crippen molar-refractivity contribution in [2.75, 3.05) is 14.2 Å². The van der Waals surface area contributed by atoms with Crippen LogP contribution >= 0.6 is 0 Å². The number of allylic oxidation sites excluding steroid dienone is 1. The van der Waals surface area contributed by atoms with Crippen molar-refractivity contribution in [3.05, 3.63) is 59.7 Å². The van der Waals surface area contributed by atoms with Crippen molar-refractivity contribution in [1.29, 1.82) is 0 Å². The van der Waals surface area contributed by atoms with Crippen molar-refractivity contribution in [2.24, 2.45) is 4.99 Å². The molecule has 108 valence electrons. The van der Waals surface area contributed by atoms with Gasteiger partial charge in [-0.1, -0.05) is 36.4 Å². The quantitative estimate of drug-likeness (QED) is 0.755. The molecule has 0 radical (unpaired) electrons. The second-order valence-corrected chi connectivity index (χ2v) is 4.60. The van der Waals surface area contributed by atoms with Gasteiger partial charge in [0.15, 0.2) is 0 Å². The van der Waals surface area contributed by atoms with E-state index in [-0.39, 0.29) is 0 Å². The van der Waals surface area contributed by atoms with Crippen LogP contribution in [0.1, 0.15) is 12.5 Å². The fraction of sp³-hybridized carbons (Fsp3) is 0.167. The third kappa shape index (κ3) is 4.21. The molecule has 21 heavy (non-hydrogen) atoms. The minimum Gasteiger partial charge on any atom is -0.497 e. The van der Waals surface area contributed by atoms with E-state index in [9.17, 15) is 0 Å². The zero-order chi connectivity index (χ0) is 15.1. The molecule has 0 aliphatic rings. The van der Waals surface area contributed by atoms with Crippen molar-refractivity contribution < 1.29 is 9.47 Å². The van der Waals surface area contributed by atoms with Gasteiger partial charge in [-0.3, -0.25) is 4.99 Å². The van der Waals surface area contributed by atoms with Crippen LogP contribution in [0.3, 0.4) is 0 Å². The summed E-state index contributed by atoms with van der Waals surface area (Å²) in [5.74, 6) is 1.48. The highest BCUT2D eigenvalue weighted by molar-refractivity contribution is 5.87. The SMILES string of the molecule is COc1ccc(OC)c(N=CC(C)=Cc2ccccc2)c1.